The Morgan fingerprint density at radius 2 is 1.48 bits per heavy atom. The molecule has 2 aromatic carbocycles. The van der Waals surface area contributed by atoms with Gasteiger partial charge in [-0.3, -0.25) is 10.3 Å². The van der Waals surface area contributed by atoms with Crippen molar-refractivity contribution in [1.29, 1.82) is 0 Å². The predicted molar refractivity (Wildman–Crippen MR) is 90.8 cm³/mol. The highest BCUT2D eigenvalue weighted by atomic mass is 16.2. The summed E-state index contributed by atoms with van der Waals surface area (Å²) in [5, 5.41) is 8.62. The molecule has 0 unspecified atom stereocenters. The van der Waals surface area contributed by atoms with Gasteiger partial charge >= 0.3 is 6.03 Å². The highest BCUT2D eigenvalue weighted by Gasteiger charge is 2.03. The summed E-state index contributed by atoms with van der Waals surface area (Å²) in [7, 11) is 0. The zero-order chi connectivity index (χ0) is 15.9. The molecular formula is C17H15N5O. The third-order valence-electron chi connectivity index (χ3n) is 3.01. The minimum atomic E-state index is -0.366. The van der Waals surface area contributed by atoms with Gasteiger partial charge in [-0.2, -0.15) is 0 Å². The fourth-order valence-corrected chi connectivity index (χ4v) is 1.97. The van der Waals surface area contributed by atoms with Crippen molar-refractivity contribution in [3.05, 3.63) is 73.2 Å². The number of anilines is 4. The summed E-state index contributed by atoms with van der Waals surface area (Å²) >= 11 is 0. The maximum atomic E-state index is 11.9. The van der Waals surface area contributed by atoms with E-state index in [-0.39, 0.29) is 6.03 Å². The molecule has 0 saturated carbocycles. The van der Waals surface area contributed by atoms with E-state index >= 15 is 0 Å². The second kappa shape index (κ2) is 7.04. The van der Waals surface area contributed by atoms with Gasteiger partial charge in [0, 0.05) is 29.5 Å². The van der Waals surface area contributed by atoms with Crippen LogP contribution in [0.3, 0.4) is 0 Å². The van der Waals surface area contributed by atoms with Crippen LogP contribution < -0.4 is 16.0 Å². The topological polar surface area (TPSA) is 78.9 Å². The minimum absolute atomic E-state index is 0.366. The minimum Gasteiger partial charge on any atom is -0.356 e. The van der Waals surface area contributed by atoms with Crippen LogP contribution in [0.25, 0.3) is 0 Å². The molecule has 0 aliphatic heterocycles. The van der Waals surface area contributed by atoms with Crippen molar-refractivity contribution in [3.63, 3.8) is 0 Å². The summed E-state index contributed by atoms with van der Waals surface area (Å²) in [4.78, 5) is 19.7. The van der Waals surface area contributed by atoms with E-state index in [9.17, 15) is 4.79 Å². The predicted octanol–water partition coefficient (Wildman–Crippen LogP) is 3.86. The average Bonchev–Trinajstić information content (AvgIpc) is 2.58. The molecule has 0 saturated heterocycles. The lowest BCUT2D eigenvalue weighted by Crippen LogP contribution is -2.20. The molecule has 0 bridgehead atoms. The number of aromatic nitrogens is 2. The molecule has 3 aromatic rings. The Labute approximate surface area is 133 Å². The number of nitrogens with one attached hydrogen (secondary N) is 3. The molecule has 0 aliphatic rings. The summed E-state index contributed by atoms with van der Waals surface area (Å²) in [6.45, 7) is 0. The van der Waals surface area contributed by atoms with Gasteiger partial charge in [-0.1, -0.05) is 18.2 Å². The van der Waals surface area contributed by atoms with Gasteiger partial charge in [-0.25, -0.2) is 9.78 Å². The van der Waals surface area contributed by atoms with E-state index in [2.05, 4.69) is 25.9 Å². The zero-order valence-corrected chi connectivity index (χ0v) is 12.2. The van der Waals surface area contributed by atoms with Gasteiger partial charge in [0.2, 0.25) is 0 Å². The number of urea groups is 1. The third-order valence-corrected chi connectivity index (χ3v) is 3.01. The average molecular weight is 305 g/mol. The summed E-state index contributed by atoms with van der Waals surface area (Å²) in [5.41, 5.74) is 2.63. The summed E-state index contributed by atoms with van der Waals surface area (Å²) in [6, 6.07) is 16.9. The first-order valence-corrected chi connectivity index (χ1v) is 7.06. The van der Waals surface area contributed by atoms with Crippen LogP contribution in [-0.2, 0) is 0 Å². The molecule has 114 valence electrons. The molecule has 0 aliphatic carbocycles. The highest BCUT2D eigenvalue weighted by Crippen LogP contribution is 2.18. The maximum Gasteiger partial charge on any atom is 0.324 e. The second-order valence-electron chi connectivity index (χ2n) is 4.74. The van der Waals surface area contributed by atoms with Crippen LogP contribution in [0.1, 0.15) is 0 Å². The molecule has 2 amide bonds. The van der Waals surface area contributed by atoms with Crippen molar-refractivity contribution in [2.45, 2.75) is 0 Å². The van der Waals surface area contributed by atoms with Crippen molar-refractivity contribution in [2.75, 3.05) is 16.0 Å². The van der Waals surface area contributed by atoms with Crippen molar-refractivity contribution < 1.29 is 4.79 Å². The van der Waals surface area contributed by atoms with Crippen LogP contribution in [0, 0.1) is 0 Å². The molecule has 6 heteroatoms. The standard InChI is InChI=1S/C17H15N5O/c23-17(22-16-12-18-10-11-19-16)21-15-8-6-14(7-9-15)20-13-4-2-1-3-5-13/h1-12,20H,(H2,19,21,22,23). The van der Waals surface area contributed by atoms with Crippen LogP contribution in [0.4, 0.5) is 27.7 Å². The molecular weight excluding hydrogens is 290 g/mol. The van der Waals surface area contributed by atoms with Gasteiger partial charge < -0.3 is 10.6 Å². The normalized spacial score (nSPS) is 9.91. The number of carbonyl (C=O) groups is 1. The maximum absolute atomic E-state index is 11.9. The Morgan fingerprint density at radius 3 is 2.17 bits per heavy atom. The number of nitrogens with zero attached hydrogens (tertiary/aromatic N) is 2. The van der Waals surface area contributed by atoms with Gasteiger partial charge in [0.15, 0.2) is 5.82 Å². The largest absolute Gasteiger partial charge is 0.356 e. The SMILES string of the molecule is O=C(Nc1ccc(Nc2ccccc2)cc1)Nc1cnccn1. The van der Waals surface area contributed by atoms with Crippen LogP contribution >= 0.6 is 0 Å². The fraction of sp³-hybridized carbons (Fsp3) is 0. The molecule has 0 atom stereocenters. The van der Waals surface area contributed by atoms with E-state index in [0.29, 0.717) is 11.5 Å². The number of hydrogen-bond acceptors (Lipinski definition) is 4. The molecule has 1 aromatic heterocycles. The van der Waals surface area contributed by atoms with Crippen LogP contribution in [0.15, 0.2) is 73.2 Å². The first kappa shape index (κ1) is 14.5. The van der Waals surface area contributed by atoms with Gasteiger partial charge in [-0.15, -0.1) is 0 Å². The highest BCUT2D eigenvalue weighted by molar-refractivity contribution is 5.99. The Hall–Kier alpha value is -3.41. The van der Waals surface area contributed by atoms with Gasteiger partial charge in [0.05, 0.1) is 6.20 Å². The van der Waals surface area contributed by atoms with Crippen LogP contribution in [-0.4, -0.2) is 16.0 Å². The monoisotopic (exact) mass is 305 g/mol. The first-order valence-electron chi connectivity index (χ1n) is 7.06. The van der Waals surface area contributed by atoms with Gasteiger partial charge in [0.25, 0.3) is 0 Å². The second-order valence-corrected chi connectivity index (χ2v) is 4.74. The van der Waals surface area contributed by atoms with E-state index in [1.165, 1.54) is 12.4 Å². The molecule has 3 rings (SSSR count). The lowest BCUT2D eigenvalue weighted by Gasteiger charge is -2.09. The third kappa shape index (κ3) is 4.28. The Bertz CT molecular complexity index is 760. The summed E-state index contributed by atoms with van der Waals surface area (Å²) in [5.74, 6) is 0.396. The molecule has 23 heavy (non-hydrogen) atoms. The lowest BCUT2D eigenvalue weighted by molar-refractivity contribution is 0.262. The summed E-state index contributed by atoms with van der Waals surface area (Å²) < 4.78 is 0. The summed E-state index contributed by atoms with van der Waals surface area (Å²) in [6.07, 6.45) is 4.54. The zero-order valence-electron chi connectivity index (χ0n) is 12.2. The first-order chi connectivity index (χ1) is 11.3. The lowest BCUT2D eigenvalue weighted by atomic mass is 10.2. The fourth-order valence-electron chi connectivity index (χ4n) is 1.97. The number of amides is 2. The number of rotatable bonds is 4. The molecule has 1 heterocycles. The van der Waals surface area contributed by atoms with Gasteiger partial charge in [0.1, 0.15) is 0 Å². The smallest absolute Gasteiger partial charge is 0.324 e. The van der Waals surface area contributed by atoms with Crippen molar-refractivity contribution in [1.82, 2.24) is 9.97 Å². The van der Waals surface area contributed by atoms with Crippen molar-refractivity contribution >= 4 is 28.9 Å². The van der Waals surface area contributed by atoms with E-state index < -0.39 is 0 Å². The number of benzene rings is 2. The van der Waals surface area contributed by atoms with Crippen LogP contribution in [0.5, 0.6) is 0 Å². The van der Waals surface area contributed by atoms with E-state index in [1.807, 2.05) is 54.6 Å². The molecule has 0 radical (unpaired) electrons. The molecule has 6 nitrogen and oxygen atoms in total. The Balaban J connectivity index is 1.58. The number of carbonyl (C=O) groups excluding carboxylic acids is 1. The number of hydrogen-bond donors (Lipinski definition) is 3. The van der Waals surface area contributed by atoms with Crippen molar-refractivity contribution in [2.24, 2.45) is 0 Å². The van der Waals surface area contributed by atoms with E-state index in [0.717, 1.165) is 11.4 Å². The Morgan fingerprint density at radius 1 is 0.783 bits per heavy atom. The van der Waals surface area contributed by atoms with E-state index in [4.69, 9.17) is 0 Å². The molecule has 0 fully saturated rings. The quantitative estimate of drug-likeness (QED) is 0.684. The molecule has 0 spiro atoms. The number of para-hydroxylation sites is 1. The van der Waals surface area contributed by atoms with Crippen molar-refractivity contribution in [3.8, 4) is 0 Å². The molecule has 3 N–H and O–H groups in total. The van der Waals surface area contributed by atoms with Gasteiger partial charge in [-0.05, 0) is 36.4 Å². The van der Waals surface area contributed by atoms with E-state index in [1.54, 1.807) is 6.20 Å². The Kier molecular flexibility index (Phi) is 4.44. The van der Waals surface area contributed by atoms with Crippen LogP contribution in [0.2, 0.25) is 0 Å².